The highest BCUT2D eigenvalue weighted by molar-refractivity contribution is 9.10. The summed E-state index contributed by atoms with van der Waals surface area (Å²) >= 11 is 3.40. The van der Waals surface area contributed by atoms with Crippen molar-refractivity contribution in [3.63, 3.8) is 0 Å². The molecule has 1 aliphatic heterocycles. The third-order valence-electron chi connectivity index (χ3n) is 5.67. The molecule has 1 atom stereocenters. The molecule has 166 valence electrons. The number of anilines is 1. The zero-order valence-corrected chi connectivity index (χ0v) is 18.7. The van der Waals surface area contributed by atoms with Gasteiger partial charge in [0.1, 0.15) is 0 Å². The minimum Gasteiger partial charge on any atom is -0.362 e. The predicted octanol–water partition coefficient (Wildman–Crippen LogP) is 6.07. The fourth-order valence-corrected chi connectivity index (χ4v) is 4.51. The summed E-state index contributed by atoms with van der Waals surface area (Å²) in [6.07, 6.45) is -2.68. The van der Waals surface area contributed by atoms with Crippen LogP contribution in [0, 0.1) is 0 Å². The van der Waals surface area contributed by atoms with Crippen molar-refractivity contribution in [2.24, 2.45) is 0 Å². The summed E-state index contributed by atoms with van der Waals surface area (Å²) < 4.78 is 40.1. The first kappa shape index (κ1) is 22.3. The number of alkyl halides is 3. The van der Waals surface area contributed by atoms with Crippen LogP contribution in [0.1, 0.15) is 43.2 Å². The van der Waals surface area contributed by atoms with Crippen LogP contribution >= 0.6 is 15.9 Å². The smallest absolute Gasteiger partial charge is 0.362 e. The lowest BCUT2D eigenvalue weighted by atomic mass is 9.75. The zero-order valence-electron chi connectivity index (χ0n) is 17.1. The van der Waals surface area contributed by atoms with E-state index >= 15 is 0 Å². The van der Waals surface area contributed by atoms with Crippen molar-refractivity contribution in [1.29, 1.82) is 0 Å². The maximum Gasteiger partial charge on any atom is 0.416 e. The van der Waals surface area contributed by atoms with E-state index in [1.54, 1.807) is 6.92 Å². The number of benzene rings is 2. The van der Waals surface area contributed by atoms with Crippen LogP contribution in [-0.2, 0) is 15.8 Å². The highest BCUT2D eigenvalue weighted by Gasteiger charge is 2.38. The molecule has 8 heteroatoms. The summed E-state index contributed by atoms with van der Waals surface area (Å²) in [4.78, 5) is 26.2. The lowest BCUT2D eigenvalue weighted by molar-refractivity contribution is -0.137. The van der Waals surface area contributed by atoms with Crippen LogP contribution in [0.2, 0.25) is 0 Å². The topological polar surface area (TPSA) is 58.2 Å². The Hall–Kier alpha value is -2.87. The summed E-state index contributed by atoms with van der Waals surface area (Å²) in [5.41, 5.74) is 2.22. The number of carbonyl (C=O) groups is 2. The zero-order chi connectivity index (χ0) is 23.0. The molecule has 4 nitrogen and oxygen atoms in total. The van der Waals surface area contributed by atoms with Gasteiger partial charge in [-0.3, -0.25) is 9.59 Å². The van der Waals surface area contributed by atoms with Gasteiger partial charge in [0.2, 0.25) is 0 Å². The third kappa shape index (κ3) is 4.37. The molecule has 0 spiro atoms. The Morgan fingerprint density at radius 1 is 1.12 bits per heavy atom. The van der Waals surface area contributed by atoms with Crippen LogP contribution in [0.15, 0.2) is 75.5 Å². The Morgan fingerprint density at radius 2 is 1.84 bits per heavy atom. The molecular formula is C24H20BrF3N2O2. The maximum absolute atomic E-state index is 13.3. The first-order chi connectivity index (χ1) is 15.1. The Balaban J connectivity index is 1.75. The molecule has 0 radical (unpaired) electrons. The van der Waals surface area contributed by atoms with Crippen LogP contribution in [0.25, 0.3) is 0 Å². The number of halogens is 4. The van der Waals surface area contributed by atoms with E-state index in [1.165, 1.54) is 12.1 Å². The summed E-state index contributed by atoms with van der Waals surface area (Å²) in [5, 5.41) is 5.80. The molecule has 0 saturated carbocycles. The van der Waals surface area contributed by atoms with Crippen molar-refractivity contribution in [2.75, 3.05) is 5.32 Å². The molecule has 0 aromatic heterocycles. The minimum absolute atomic E-state index is 0.0245. The van der Waals surface area contributed by atoms with E-state index in [0.29, 0.717) is 29.7 Å². The Morgan fingerprint density at radius 3 is 2.53 bits per heavy atom. The molecule has 1 heterocycles. The highest BCUT2D eigenvalue weighted by atomic mass is 79.9. The van der Waals surface area contributed by atoms with Crippen molar-refractivity contribution in [3.8, 4) is 0 Å². The first-order valence-corrected chi connectivity index (χ1v) is 10.9. The van der Waals surface area contributed by atoms with Crippen molar-refractivity contribution in [3.05, 3.63) is 86.7 Å². The van der Waals surface area contributed by atoms with E-state index in [0.717, 1.165) is 34.3 Å². The number of carbonyl (C=O) groups excluding carboxylic acids is 2. The van der Waals surface area contributed by atoms with Gasteiger partial charge in [0.05, 0.1) is 5.56 Å². The first-order valence-electron chi connectivity index (χ1n) is 10.1. The molecule has 0 fully saturated rings. The number of allylic oxidation sites excluding steroid dienone is 3. The van der Waals surface area contributed by atoms with Crippen LogP contribution in [-0.4, -0.2) is 11.7 Å². The number of dihydropyridines is 1. The van der Waals surface area contributed by atoms with Gasteiger partial charge in [-0.05, 0) is 55.7 Å². The van der Waals surface area contributed by atoms with E-state index in [9.17, 15) is 22.8 Å². The highest BCUT2D eigenvalue weighted by Crippen LogP contribution is 2.42. The molecule has 0 unspecified atom stereocenters. The summed E-state index contributed by atoms with van der Waals surface area (Å²) in [7, 11) is 0. The van der Waals surface area contributed by atoms with Crippen LogP contribution in [0.5, 0.6) is 0 Å². The SMILES string of the molecule is CC1=C(C(=O)Nc2cccc(C(F)(F)F)c2)[C@@H](c2ccc(Br)cc2)C2=C(CCCC2=O)N1. The summed E-state index contributed by atoms with van der Waals surface area (Å²) in [6.45, 7) is 1.75. The molecule has 0 bridgehead atoms. The van der Waals surface area contributed by atoms with E-state index < -0.39 is 23.6 Å². The molecule has 32 heavy (non-hydrogen) atoms. The van der Waals surface area contributed by atoms with Gasteiger partial charge < -0.3 is 10.6 Å². The Bertz CT molecular complexity index is 1150. The molecular weight excluding hydrogens is 485 g/mol. The molecule has 2 aliphatic rings. The van der Waals surface area contributed by atoms with Crippen LogP contribution in [0.3, 0.4) is 0 Å². The number of hydrogen-bond donors (Lipinski definition) is 2. The van der Waals surface area contributed by atoms with Gasteiger partial charge in [0.25, 0.3) is 5.91 Å². The van der Waals surface area contributed by atoms with Gasteiger partial charge in [-0.25, -0.2) is 0 Å². The average molecular weight is 505 g/mol. The Kier molecular flexibility index (Phi) is 5.99. The normalized spacial score (nSPS) is 18.9. The third-order valence-corrected chi connectivity index (χ3v) is 6.20. The number of ketones is 1. The molecule has 0 saturated heterocycles. The molecule has 2 aromatic rings. The second kappa shape index (κ2) is 8.58. The maximum atomic E-state index is 13.3. The number of Topliss-reactive ketones (excluding diaryl/α,β-unsaturated/α-hetero) is 1. The van der Waals surface area contributed by atoms with Gasteiger partial charge >= 0.3 is 6.18 Å². The molecule has 1 amide bonds. The van der Waals surface area contributed by atoms with Crippen molar-refractivity contribution < 1.29 is 22.8 Å². The largest absolute Gasteiger partial charge is 0.416 e. The van der Waals surface area contributed by atoms with E-state index in [-0.39, 0.29) is 11.5 Å². The van der Waals surface area contributed by atoms with Gasteiger partial charge in [-0.15, -0.1) is 0 Å². The van der Waals surface area contributed by atoms with Gasteiger partial charge in [-0.1, -0.05) is 34.1 Å². The number of rotatable bonds is 3. The van der Waals surface area contributed by atoms with E-state index in [4.69, 9.17) is 0 Å². The van der Waals surface area contributed by atoms with Crippen LogP contribution in [0.4, 0.5) is 18.9 Å². The number of hydrogen-bond acceptors (Lipinski definition) is 3. The number of nitrogens with one attached hydrogen (secondary N) is 2. The molecule has 4 rings (SSSR count). The molecule has 2 aromatic carbocycles. The lowest BCUT2D eigenvalue weighted by Crippen LogP contribution is -2.35. The lowest BCUT2D eigenvalue weighted by Gasteiger charge is -2.34. The van der Waals surface area contributed by atoms with E-state index in [2.05, 4.69) is 26.6 Å². The van der Waals surface area contributed by atoms with Crippen molar-refractivity contribution in [2.45, 2.75) is 38.3 Å². The predicted molar refractivity (Wildman–Crippen MR) is 119 cm³/mol. The summed E-state index contributed by atoms with van der Waals surface area (Å²) in [5.74, 6) is -1.17. The standard InChI is InChI=1S/C24H20BrF3N2O2/c1-13-20(23(32)30-17-5-2-4-15(12-17)24(26,27)28)21(14-8-10-16(25)11-9-14)22-18(29-13)6-3-7-19(22)31/h2,4-5,8-12,21,29H,3,6-7H2,1H3,(H,30,32)/t21-/m1/s1. The second-order valence-corrected chi connectivity index (χ2v) is 8.77. The van der Waals surface area contributed by atoms with Crippen molar-refractivity contribution in [1.82, 2.24) is 5.32 Å². The average Bonchev–Trinajstić information content (AvgIpc) is 2.73. The number of amides is 1. The summed E-state index contributed by atoms with van der Waals surface area (Å²) in [6, 6.07) is 11.9. The minimum atomic E-state index is -4.52. The molecule has 1 aliphatic carbocycles. The second-order valence-electron chi connectivity index (χ2n) is 7.85. The van der Waals surface area contributed by atoms with Crippen LogP contribution < -0.4 is 10.6 Å². The van der Waals surface area contributed by atoms with Crippen molar-refractivity contribution >= 4 is 33.3 Å². The van der Waals surface area contributed by atoms with E-state index in [1.807, 2.05) is 24.3 Å². The van der Waals surface area contributed by atoms with Gasteiger partial charge in [-0.2, -0.15) is 13.2 Å². The fourth-order valence-electron chi connectivity index (χ4n) is 4.24. The quantitative estimate of drug-likeness (QED) is 0.532. The Labute approximate surface area is 191 Å². The van der Waals surface area contributed by atoms with Gasteiger partial charge in [0, 0.05) is 45.0 Å². The molecule has 2 N–H and O–H groups in total. The van der Waals surface area contributed by atoms with Gasteiger partial charge in [0.15, 0.2) is 5.78 Å². The monoisotopic (exact) mass is 504 g/mol. The fraction of sp³-hybridized carbons (Fsp3) is 0.250.